The summed E-state index contributed by atoms with van der Waals surface area (Å²) in [6, 6.07) is 13.5. The first-order valence-corrected chi connectivity index (χ1v) is 11.4. The van der Waals surface area contributed by atoms with Gasteiger partial charge in [0.1, 0.15) is 11.6 Å². The Morgan fingerprint density at radius 2 is 1.80 bits per heavy atom. The Bertz CT molecular complexity index is 983. The van der Waals surface area contributed by atoms with Crippen LogP contribution in [-0.4, -0.2) is 31.6 Å². The Morgan fingerprint density at radius 1 is 1.17 bits per heavy atom. The molecule has 0 saturated heterocycles. The largest absolute Gasteiger partial charge is 0.412 e. The summed E-state index contributed by atoms with van der Waals surface area (Å²) in [5.41, 5.74) is 1.52. The van der Waals surface area contributed by atoms with E-state index in [2.05, 4.69) is 5.32 Å². The second-order valence-electron chi connectivity index (χ2n) is 7.08. The van der Waals surface area contributed by atoms with Gasteiger partial charge in [-0.15, -0.1) is 0 Å². The number of carbonyl (C=O) groups is 1. The van der Waals surface area contributed by atoms with Crippen molar-refractivity contribution < 1.29 is 22.3 Å². The smallest absolute Gasteiger partial charge is 0.410 e. The molecule has 2 aromatic carbocycles. The van der Waals surface area contributed by atoms with Gasteiger partial charge in [-0.05, 0) is 68.1 Å². The number of rotatable bonds is 9. The van der Waals surface area contributed by atoms with E-state index in [1.54, 1.807) is 26.0 Å². The van der Waals surface area contributed by atoms with Gasteiger partial charge in [0, 0.05) is 6.04 Å². The zero-order valence-electron chi connectivity index (χ0n) is 17.0. The lowest BCUT2D eigenvalue weighted by molar-refractivity contribution is 0.196. The maximum atomic E-state index is 12.9. The Labute approximate surface area is 176 Å². The van der Waals surface area contributed by atoms with Gasteiger partial charge < -0.3 is 10.1 Å². The number of carbonyl (C=O) groups excluding carboxylic acids is 1. The van der Waals surface area contributed by atoms with Crippen molar-refractivity contribution in [2.45, 2.75) is 44.4 Å². The highest BCUT2D eigenvalue weighted by Crippen LogP contribution is 2.15. The summed E-state index contributed by atoms with van der Waals surface area (Å²) >= 11 is 0. The molecule has 1 amide bonds. The molecule has 2 rings (SSSR count). The van der Waals surface area contributed by atoms with Gasteiger partial charge in [-0.25, -0.2) is 17.6 Å². The number of nitrogens with zero attached hydrogens (tertiary/aromatic N) is 1. The van der Waals surface area contributed by atoms with Crippen LogP contribution in [0.15, 0.2) is 48.5 Å². The van der Waals surface area contributed by atoms with Crippen molar-refractivity contribution in [2.24, 2.45) is 0 Å². The molecule has 0 saturated carbocycles. The Kier molecular flexibility index (Phi) is 8.36. The van der Waals surface area contributed by atoms with Gasteiger partial charge in [-0.2, -0.15) is 5.26 Å². The molecule has 8 heteroatoms. The summed E-state index contributed by atoms with van der Waals surface area (Å²) in [5, 5.41) is 10.8. The molecule has 2 aromatic rings. The van der Waals surface area contributed by atoms with E-state index in [0.29, 0.717) is 24.8 Å². The molecule has 0 aliphatic heterocycles. The van der Waals surface area contributed by atoms with Gasteiger partial charge in [-0.3, -0.25) is 0 Å². The fourth-order valence-electron chi connectivity index (χ4n) is 2.81. The molecule has 160 valence electrons. The average Bonchev–Trinajstić information content (AvgIpc) is 2.73. The quantitative estimate of drug-likeness (QED) is 0.646. The van der Waals surface area contributed by atoms with Gasteiger partial charge in [0.15, 0.2) is 9.84 Å². The highest BCUT2D eigenvalue weighted by atomic mass is 32.2. The Balaban J connectivity index is 1.89. The van der Waals surface area contributed by atoms with E-state index >= 15 is 0 Å². The van der Waals surface area contributed by atoms with Gasteiger partial charge in [-0.1, -0.05) is 19.1 Å². The topological polar surface area (TPSA) is 96.3 Å². The summed E-state index contributed by atoms with van der Waals surface area (Å²) < 4.78 is 43.4. The van der Waals surface area contributed by atoms with Crippen LogP contribution in [0.25, 0.3) is 0 Å². The number of ether oxygens (including phenoxy) is 1. The van der Waals surface area contributed by atoms with Crippen LogP contribution in [-0.2, 0) is 16.3 Å². The third kappa shape index (κ3) is 7.16. The van der Waals surface area contributed by atoms with Crippen molar-refractivity contribution in [1.82, 2.24) is 5.32 Å². The van der Waals surface area contributed by atoms with Crippen LogP contribution in [0.5, 0.6) is 5.75 Å². The zero-order valence-corrected chi connectivity index (χ0v) is 17.8. The van der Waals surface area contributed by atoms with E-state index in [1.807, 2.05) is 18.2 Å². The monoisotopic (exact) mass is 432 g/mol. The summed E-state index contributed by atoms with van der Waals surface area (Å²) in [4.78, 5) is 12.0. The Hall–Kier alpha value is -2.92. The molecule has 0 aromatic heterocycles. The number of nitrogens with one attached hydrogen (secondary N) is 1. The van der Waals surface area contributed by atoms with Crippen LogP contribution < -0.4 is 10.1 Å². The second kappa shape index (κ2) is 10.7. The first-order valence-electron chi connectivity index (χ1n) is 9.68. The van der Waals surface area contributed by atoms with Crippen molar-refractivity contribution in [3.05, 3.63) is 65.5 Å². The van der Waals surface area contributed by atoms with E-state index in [9.17, 15) is 17.6 Å². The average molecular weight is 433 g/mol. The summed E-state index contributed by atoms with van der Waals surface area (Å²) in [6.45, 7) is 3.43. The minimum Gasteiger partial charge on any atom is -0.410 e. The maximum Gasteiger partial charge on any atom is 0.412 e. The van der Waals surface area contributed by atoms with Crippen molar-refractivity contribution in [3.63, 3.8) is 0 Å². The molecule has 0 spiro atoms. The molecule has 1 unspecified atom stereocenters. The SMILES string of the molecule is CC[C@@H](CS(=O)(=O)C(C)CCc1ccc(C#N)cc1)NC(=O)Oc1ccc(F)cc1. The molecule has 0 heterocycles. The lowest BCUT2D eigenvalue weighted by Gasteiger charge is -2.20. The van der Waals surface area contributed by atoms with Gasteiger partial charge >= 0.3 is 6.09 Å². The molecule has 0 bridgehead atoms. The van der Waals surface area contributed by atoms with Crippen molar-refractivity contribution >= 4 is 15.9 Å². The number of hydrogen-bond donors (Lipinski definition) is 1. The standard InChI is InChI=1S/C22H25FN2O4S/c1-3-20(25-22(26)29-21-12-10-19(23)11-13-21)15-30(27,28)16(2)4-5-17-6-8-18(14-24)9-7-17/h6-13,16,20H,3-5,15H2,1-2H3,(H,25,26)/t16?,20-/m0/s1. The van der Waals surface area contributed by atoms with Crippen LogP contribution in [0.1, 0.15) is 37.8 Å². The van der Waals surface area contributed by atoms with Gasteiger partial charge in [0.05, 0.1) is 22.6 Å². The molecular formula is C22H25FN2O4S. The molecule has 1 N–H and O–H groups in total. The minimum absolute atomic E-state index is 0.169. The van der Waals surface area contributed by atoms with Crippen LogP contribution in [0.3, 0.4) is 0 Å². The van der Waals surface area contributed by atoms with E-state index in [0.717, 1.165) is 5.56 Å². The zero-order chi connectivity index (χ0) is 22.1. The highest BCUT2D eigenvalue weighted by molar-refractivity contribution is 7.92. The fraction of sp³-hybridized carbons (Fsp3) is 0.364. The molecule has 0 aliphatic carbocycles. The number of amides is 1. The minimum atomic E-state index is -3.45. The lowest BCUT2D eigenvalue weighted by Crippen LogP contribution is -2.42. The molecule has 30 heavy (non-hydrogen) atoms. The Morgan fingerprint density at radius 3 is 2.37 bits per heavy atom. The molecule has 6 nitrogen and oxygen atoms in total. The lowest BCUT2D eigenvalue weighted by atomic mass is 10.1. The maximum absolute atomic E-state index is 12.9. The number of sulfone groups is 1. The summed E-state index contributed by atoms with van der Waals surface area (Å²) in [6.07, 6.45) is 0.641. The van der Waals surface area contributed by atoms with Crippen LogP contribution in [0.2, 0.25) is 0 Å². The molecular weight excluding hydrogens is 407 g/mol. The fourth-order valence-corrected chi connectivity index (χ4v) is 4.49. The normalized spacial score (nSPS) is 13.1. The van der Waals surface area contributed by atoms with E-state index in [4.69, 9.17) is 10.00 Å². The number of aryl methyl sites for hydroxylation is 1. The number of halogens is 1. The predicted octanol–water partition coefficient (Wildman–Crippen LogP) is 4.00. The summed E-state index contributed by atoms with van der Waals surface area (Å²) in [7, 11) is -3.45. The summed E-state index contributed by atoms with van der Waals surface area (Å²) in [5.74, 6) is -0.478. The highest BCUT2D eigenvalue weighted by Gasteiger charge is 2.26. The molecule has 0 radical (unpaired) electrons. The third-order valence-corrected chi connectivity index (χ3v) is 7.14. The van der Waals surface area contributed by atoms with E-state index in [-0.39, 0.29) is 11.5 Å². The van der Waals surface area contributed by atoms with Gasteiger partial charge in [0.25, 0.3) is 0 Å². The first kappa shape index (κ1) is 23.4. The predicted molar refractivity (Wildman–Crippen MR) is 112 cm³/mol. The van der Waals surface area contributed by atoms with Crippen LogP contribution in [0.4, 0.5) is 9.18 Å². The number of benzene rings is 2. The van der Waals surface area contributed by atoms with Gasteiger partial charge in [0.2, 0.25) is 0 Å². The van der Waals surface area contributed by atoms with Crippen LogP contribution in [0, 0.1) is 17.1 Å². The van der Waals surface area contributed by atoms with E-state index in [1.165, 1.54) is 24.3 Å². The van der Waals surface area contributed by atoms with Crippen molar-refractivity contribution in [1.29, 1.82) is 5.26 Å². The first-order chi connectivity index (χ1) is 14.2. The molecule has 0 aliphatic rings. The number of nitriles is 1. The number of hydrogen-bond acceptors (Lipinski definition) is 5. The van der Waals surface area contributed by atoms with Crippen LogP contribution >= 0.6 is 0 Å². The molecule has 0 fully saturated rings. The molecule has 2 atom stereocenters. The van der Waals surface area contributed by atoms with Crippen molar-refractivity contribution in [3.8, 4) is 11.8 Å². The van der Waals surface area contributed by atoms with E-state index < -0.39 is 33.0 Å². The third-order valence-electron chi connectivity index (χ3n) is 4.81. The second-order valence-corrected chi connectivity index (χ2v) is 9.54. The van der Waals surface area contributed by atoms with Crippen molar-refractivity contribution in [2.75, 3.05) is 5.75 Å².